The molecule has 0 fully saturated rings. The Bertz CT molecular complexity index is 598. The van der Waals surface area contributed by atoms with Gasteiger partial charge >= 0.3 is 0 Å². The quantitative estimate of drug-likeness (QED) is 0.925. The van der Waals surface area contributed by atoms with Crippen LogP contribution in [0, 0.1) is 5.92 Å². The molecule has 3 nitrogen and oxygen atoms in total. The largest absolute Gasteiger partial charge is 0.325 e. The van der Waals surface area contributed by atoms with Gasteiger partial charge in [-0.25, -0.2) is 4.98 Å². The Morgan fingerprint density at radius 1 is 1.19 bits per heavy atom. The van der Waals surface area contributed by atoms with Crippen molar-refractivity contribution < 1.29 is 0 Å². The topological polar surface area (TPSA) is 29.9 Å². The molecule has 0 aliphatic carbocycles. The minimum Gasteiger partial charge on any atom is -0.325 e. The number of hydrogen-bond acceptors (Lipinski definition) is 2. The molecule has 0 bridgehead atoms. The first-order valence-corrected chi connectivity index (χ1v) is 8.03. The molecule has 0 saturated heterocycles. The second-order valence-corrected chi connectivity index (χ2v) is 6.47. The van der Waals surface area contributed by atoms with Crippen molar-refractivity contribution >= 4 is 0 Å². The minimum atomic E-state index is 0.495. The SMILES string of the molecule is CC(C)CC(C)n1c(-c2ccccc2)nc2c1CCNC2. The first-order chi connectivity index (χ1) is 10.2. The molecule has 0 spiro atoms. The van der Waals surface area contributed by atoms with E-state index in [0.29, 0.717) is 12.0 Å². The fourth-order valence-corrected chi connectivity index (χ4v) is 3.39. The van der Waals surface area contributed by atoms with E-state index in [2.05, 4.69) is 61.0 Å². The molecular formula is C18H25N3. The van der Waals surface area contributed by atoms with Crippen LogP contribution in [0.3, 0.4) is 0 Å². The van der Waals surface area contributed by atoms with E-state index in [-0.39, 0.29) is 0 Å². The summed E-state index contributed by atoms with van der Waals surface area (Å²) < 4.78 is 2.49. The molecule has 1 atom stereocenters. The lowest BCUT2D eigenvalue weighted by molar-refractivity contribution is 0.417. The summed E-state index contributed by atoms with van der Waals surface area (Å²) in [5.41, 5.74) is 3.89. The molecule has 0 saturated carbocycles. The summed E-state index contributed by atoms with van der Waals surface area (Å²) in [7, 11) is 0. The van der Waals surface area contributed by atoms with Gasteiger partial charge in [-0.2, -0.15) is 0 Å². The molecule has 2 heterocycles. The van der Waals surface area contributed by atoms with Gasteiger partial charge < -0.3 is 9.88 Å². The van der Waals surface area contributed by atoms with Crippen molar-refractivity contribution in [3.63, 3.8) is 0 Å². The molecule has 1 aromatic heterocycles. The van der Waals surface area contributed by atoms with Crippen molar-refractivity contribution in [2.75, 3.05) is 6.54 Å². The fourth-order valence-electron chi connectivity index (χ4n) is 3.39. The molecule has 1 unspecified atom stereocenters. The van der Waals surface area contributed by atoms with Crippen molar-refractivity contribution in [2.45, 2.75) is 46.2 Å². The minimum absolute atomic E-state index is 0.495. The zero-order valence-corrected chi connectivity index (χ0v) is 13.3. The van der Waals surface area contributed by atoms with E-state index in [4.69, 9.17) is 4.98 Å². The van der Waals surface area contributed by atoms with Gasteiger partial charge in [0.1, 0.15) is 5.82 Å². The smallest absolute Gasteiger partial charge is 0.140 e. The second kappa shape index (κ2) is 6.02. The number of aromatic nitrogens is 2. The zero-order chi connectivity index (χ0) is 14.8. The van der Waals surface area contributed by atoms with Crippen LogP contribution in [0.2, 0.25) is 0 Å². The van der Waals surface area contributed by atoms with Gasteiger partial charge in [0.2, 0.25) is 0 Å². The van der Waals surface area contributed by atoms with Crippen LogP contribution in [0.5, 0.6) is 0 Å². The Morgan fingerprint density at radius 2 is 1.95 bits per heavy atom. The number of imidazole rings is 1. The van der Waals surface area contributed by atoms with E-state index in [0.717, 1.165) is 25.3 Å². The molecule has 1 aliphatic heterocycles. The molecular weight excluding hydrogens is 258 g/mol. The summed E-state index contributed by atoms with van der Waals surface area (Å²) in [5, 5.41) is 3.44. The number of nitrogens with zero attached hydrogens (tertiary/aromatic N) is 2. The van der Waals surface area contributed by atoms with Crippen molar-refractivity contribution in [1.29, 1.82) is 0 Å². The molecule has 0 radical (unpaired) electrons. The normalized spacial score (nSPS) is 16.0. The molecule has 112 valence electrons. The van der Waals surface area contributed by atoms with Gasteiger partial charge in [0.25, 0.3) is 0 Å². The van der Waals surface area contributed by atoms with Crippen molar-refractivity contribution in [1.82, 2.24) is 14.9 Å². The molecule has 0 amide bonds. The van der Waals surface area contributed by atoms with Crippen molar-refractivity contribution in [2.24, 2.45) is 5.92 Å². The summed E-state index contributed by atoms with van der Waals surface area (Å²) in [5.74, 6) is 1.83. The molecule has 3 rings (SSSR count). The van der Waals surface area contributed by atoms with Gasteiger partial charge in [0, 0.05) is 36.8 Å². The highest BCUT2D eigenvalue weighted by Crippen LogP contribution is 2.30. The van der Waals surface area contributed by atoms with Crippen LogP contribution in [0.15, 0.2) is 30.3 Å². The first kappa shape index (κ1) is 14.3. The van der Waals surface area contributed by atoms with E-state index < -0.39 is 0 Å². The fraction of sp³-hybridized carbons (Fsp3) is 0.500. The average Bonchev–Trinajstić information content (AvgIpc) is 2.87. The Morgan fingerprint density at radius 3 is 2.67 bits per heavy atom. The van der Waals surface area contributed by atoms with Crippen LogP contribution in [0.4, 0.5) is 0 Å². The van der Waals surface area contributed by atoms with Crippen LogP contribution < -0.4 is 5.32 Å². The highest BCUT2D eigenvalue weighted by molar-refractivity contribution is 5.57. The van der Waals surface area contributed by atoms with E-state index in [1.807, 2.05) is 0 Å². The third kappa shape index (κ3) is 2.88. The molecule has 3 heteroatoms. The molecule has 2 aromatic rings. The number of nitrogens with one attached hydrogen (secondary N) is 1. The van der Waals surface area contributed by atoms with Crippen LogP contribution >= 0.6 is 0 Å². The molecule has 1 aromatic carbocycles. The third-order valence-electron chi connectivity index (χ3n) is 4.21. The van der Waals surface area contributed by atoms with Crippen molar-refractivity contribution in [3.8, 4) is 11.4 Å². The van der Waals surface area contributed by atoms with E-state index in [1.165, 1.54) is 23.4 Å². The number of fused-ring (bicyclic) bond motifs is 1. The predicted molar refractivity (Wildman–Crippen MR) is 87.2 cm³/mol. The standard InChI is InChI=1S/C18H25N3/c1-13(2)11-14(3)21-17-9-10-19-12-16(17)20-18(21)15-7-5-4-6-8-15/h4-8,13-14,19H,9-12H2,1-3H3. The van der Waals surface area contributed by atoms with Crippen LogP contribution in [-0.2, 0) is 13.0 Å². The number of benzene rings is 1. The third-order valence-corrected chi connectivity index (χ3v) is 4.21. The number of hydrogen-bond donors (Lipinski definition) is 1. The maximum atomic E-state index is 4.95. The maximum Gasteiger partial charge on any atom is 0.140 e. The summed E-state index contributed by atoms with van der Waals surface area (Å²) >= 11 is 0. The first-order valence-electron chi connectivity index (χ1n) is 8.03. The van der Waals surface area contributed by atoms with Gasteiger partial charge in [-0.3, -0.25) is 0 Å². The van der Waals surface area contributed by atoms with Gasteiger partial charge in [-0.15, -0.1) is 0 Å². The summed E-state index contributed by atoms with van der Waals surface area (Å²) in [6.45, 7) is 8.88. The summed E-state index contributed by atoms with van der Waals surface area (Å²) in [6.07, 6.45) is 2.27. The Balaban J connectivity index is 2.08. The Kier molecular flexibility index (Phi) is 4.11. The maximum absolute atomic E-state index is 4.95. The monoisotopic (exact) mass is 283 g/mol. The highest BCUT2D eigenvalue weighted by atomic mass is 15.1. The lowest BCUT2D eigenvalue weighted by Gasteiger charge is -2.23. The van der Waals surface area contributed by atoms with E-state index in [1.54, 1.807) is 0 Å². The Labute approximate surface area is 127 Å². The van der Waals surface area contributed by atoms with Crippen LogP contribution in [0.25, 0.3) is 11.4 Å². The van der Waals surface area contributed by atoms with Crippen molar-refractivity contribution in [3.05, 3.63) is 41.7 Å². The van der Waals surface area contributed by atoms with Gasteiger partial charge in [0.15, 0.2) is 0 Å². The predicted octanol–water partition coefficient (Wildman–Crippen LogP) is 3.80. The van der Waals surface area contributed by atoms with Crippen LogP contribution in [0.1, 0.15) is 44.6 Å². The van der Waals surface area contributed by atoms with E-state index in [9.17, 15) is 0 Å². The second-order valence-electron chi connectivity index (χ2n) is 6.47. The molecule has 1 N–H and O–H groups in total. The Hall–Kier alpha value is -1.61. The van der Waals surface area contributed by atoms with Gasteiger partial charge in [0.05, 0.1) is 5.69 Å². The molecule has 1 aliphatic rings. The van der Waals surface area contributed by atoms with E-state index >= 15 is 0 Å². The average molecular weight is 283 g/mol. The number of rotatable bonds is 4. The summed E-state index contributed by atoms with van der Waals surface area (Å²) in [6, 6.07) is 11.1. The van der Waals surface area contributed by atoms with Gasteiger partial charge in [-0.05, 0) is 19.3 Å². The molecule has 21 heavy (non-hydrogen) atoms. The lowest BCUT2D eigenvalue weighted by atomic mass is 10.0. The highest BCUT2D eigenvalue weighted by Gasteiger charge is 2.23. The zero-order valence-electron chi connectivity index (χ0n) is 13.3. The summed E-state index contributed by atoms with van der Waals surface area (Å²) in [4.78, 5) is 4.95. The lowest BCUT2D eigenvalue weighted by Crippen LogP contribution is -2.26. The van der Waals surface area contributed by atoms with Gasteiger partial charge in [-0.1, -0.05) is 44.2 Å². The van der Waals surface area contributed by atoms with Crippen LogP contribution in [-0.4, -0.2) is 16.1 Å².